The Morgan fingerprint density at radius 1 is 1.03 bits per heavy atom. The highest BCUT2D eigenvalue weighted by molar-refractivity contribution is 7.90. The number of carbonyl (C=O) groups is 1. The lowest BCUT2D eigenvalue weighted by Crippen LogP contribution is -2.32. The summed E-state index contributed by atoms with van der Waals surface area (Å²) in [6.45, 7) is 5.52. The number of hydrogen-bond acceptors (Lipinski definition) is 7. The third-order valence-corrected chi connectivity index (χ3v) is 6.75. The average molecular weight is 511 g/mol. The van der Waals surface area contributed by atoms with E-state index in [4.69, 9.17) is 17.0 Å². The molecule has 1 heterocycles. The second-order valence-electron chi connectivity index (χ2n) is 7.86. The predicted octanol–water partition coefficient (Wildman–Crippen LogP) is 3.91. The Morgan fingerprint density at radius 3 is 2.31 bits per heavy atom. The highest BCUT2D eigenvalue weighted by Gasteiger charge is 2.18. The largest absolute Gasteiger partial charge is 0.496 e. The fourth-order valence-corrected chi connectivity index (χ4v) is 4.70. The Balaban J connectivity index is 1.58. The lowest BCUT2D eigenvalue weighted by molar-refractivity contribution is -0.115. The summed E-state index contributed by atoms with van der Waals surface area (Å²) in [5.41, 5.74) is 3.77. The maximum Gasteiger partial charge on any atom is 0.250 e. The number of carbonyl (C=O) groups excluding carboxylic acids is 1. The zero-order valence-electron chi connectivity index (χ0n) is 19.8. The van der Waals surface area contributed by atoms with E-state index in [2.05, 4.69) is 20.6 Å². The van der Waals surface area contributed by atoms with Crippen molar-refractivity contribution in [1.82, 2.24) is 15.3 Å². The number of aromatic nitrogens is 2. The van der Waals surface area contributed by atoms with E-state index in [9.17, 15) is 13.2 Å². The quantitative estimate of drug-likeness (QED) is 0.364. The Hall–Kier alpha value is -3.63. The van der Waals surface area contributed by atoms with Crippen molar-refractivity contribution in [2.24, 2.45) is 0 Å². The number of methoxy groups -OCH3 is 1. The number of benzene rings is 2. The fourth-order valence-electron chi connectivity index (χ4n) is 3.29. The number of hydrogen-bond donors (Lipinski definition) is 2. The summed E-state index contributed by atoms with van der Waals surface area (Å²) < 4.78 is 30.8. The first-order valence-electron chi connectivity index (χ1n) is 10.6. The predicted molar refractivity (Wildman–Crippen MR) is 140 cm³/mol. The molecule has 2 N–H and O–H groups in total. The smallest absolute Gasteiger partial charge is 0.250 e. The number of anilines is 1. The minimum absolute atomic E-state index is 0.0837. The third-order valence-electron chi connectivity index (χ3n) is 4.92. The number of nitrogens with zero attached hydrogens (tertiary/aromatic N) is 2. The average Bonchev–Trinajstić information content (AvgIpc) is 2.77. The van der Waals surface area contributed by atoms with Crippen molar-refractivity contribution in [1.29, 1.82) is 0 Å². The molecule has 0 radical (unpaired) electrons. The van der Waals surface area contributed by atoms with Gasteiger partial charge in [0.05, 0.1) is 12.0 Å². The van der Waals surface area contributed by atoms with Gasteiger partial charge in [-0.25, -0.2) is 18.4 Å². The Kier molecular flexibility index (Phi) is 8.31. The van der Waals surface area contributed by atoms with Gasteiger partial charge in [-0.15, -0.1) is 0 Å². The first kappa shape index (κ1) is 26.0. The monoisotopic (exact) mass is 510 g/mol. The molecule has 0 unspecified atom stereocenters. The van der Waals surface area contributed by atoms with Gasteiger partial charge in [-0.2, -0.15) is 0 Å². The van der Waals surface area contributed by atoms with Gasteiger partial charge in [0.25, 0.3) is 0 Å². The van der Waals surface area contributed by atoms with Crippen LogP contribution in [0.4, 0.5) is 5.69 Å². The molecule has 0 saturated heterocycles. The van der Waals surface area contributed by atoms with Gasteiger partial charge in [-0.1, -0.05) is 12.1 Å². The minimum atomic E-state index is -3.63. The molecular formula is C25H26N4O4S2. The standard InChI is InChI=1S/C25H26N4O4S2/c1-16-5-6-19(14-22(16)33-4)7-12-24(30)29-25(34)28-20-8-10-21(11-9-20)35(31,32)15-23-26-17(2)13-18(3)27-23/h5-14H,15H2,1-4H3,(H2,28,29,30,34)/b12-7+. The molecule has 3 aromatic rings. The van der Waals surface area contributed by atoms with Crippen LogP contribution >= 0.6 is 12.2 Å². The van der Waals surface area contributed by atoms with Crippen molar-refractivity contribution in [2.45, 2.75) is 31.4 Å². The Bertz CT molecular complexity index is 1360. The van der Waals surface area contributed by atoms with Crippen LogP contribution in [0.15, 0.2) is 59.5 Å². The maximum absolute atomic E-state index is 12.8. The van der Waals surface area contributed by atoms with E-state index in [-0.39, 0.29) is 21.6 Å². The van der Waals surface area contributed by atoms with E-state index in [1.165, 1.54) is 18.2 Å². The molecule has 0 saturated carbocycles. The molecular weight excluding hydrogens is 484 g/mol. The number of sulfone groups is 1. The third kappa shape index (κ3) is 7.43. The Morgan fingerprint density at radius 2 is 1.69 bits per heavy atom. The second-order valence-corrected chi connectivity index (χ2v) is 10.3. The van der Waals surface area contributed by atoms with Gasteiger partial charge in [0, 0.05) is 23.2 Å². The highest BCUT2D eigenvalue weighted by atomic mass is 32.2. The number of thiocarbonyl (C=S) groups is 1. The van der Waals surface area contributed by atoms with E-state index in [0.29, 0.717) is 17.1 Å². The fraction of sp³-hybridized carbons (Fsp3) is 0.200. The topological polar surface area (TPSA) is 110 Å². The van der Waals surface area contributed by atoms with Gasteiger partial charge in [-0.05, 0) is 86.6 Å². The van der Waals surface area contributed by atoms with E-state index >= 15 is 0 Å². The summed E-state index contributed by atoms with van der Waals surface area (Å²) in [4.78, 5) is 20.7. The van der Waals surface area contributed by atoms with Crippen molar-refractivity contribution < 1.29 is 17.9 Å². The first-order chi connectivity index (χ1) is 16.6. The van der Waals surface area contributed by atoms with Crippen LogP contribution in [0.3, 0.4) is 0 Å². The zero-order chi connectivity index (χ0) is 25.6. The molecule has 10 heteroatoms. The molecule has 3 rings (SSSR count). The van der Waals surface area contributed by atoms with Gasteiger partial charge in [0.15, 0.2) is 14.9 Å². The molecule has 0 bridgehead atoms. The molecule has 1 amide bonds. The summed E-state index contributed by atoms with van der Waals surface area (Å²) >= 11 is 5.19. The number of aryl methyl sites for hydroxylation is 3. The first-order valence-corrected chi connectivity index (χ1v) is 12.7. The van der Waals surface area contributed by atoms with Crippen LogP contribution < -0.4 is 15.4 Å². The summed E-state index contributed by atoms with van der Waals surface area (Å²) in [7, 11) is -2.03. The molecule has 0 aliphatic heterocycles. The van der Waals surface area contributed by atoms with E-state index in [1.54, 1.807) is 45.2 Å². The molecule has 0 aliphatic rings. The molecule has 182 valence electrons. The van der Waals surface area contributed by atoms with Gasteiger partial charge in [0.2, 0.25) is 5.91 Å². The summed E-state index contributed by atoms with van der Waals surface area (Å²) in [5, 5.41) is 5.51. The molecule has 0 spiro atoms. The van der Waals surface area contributed by atoms with Crippen molar-refractivity contribution in [3.63, 3.8) is 0 Å². The van der Waals surface area contributed by atoms with Gasteiger partial charge in [-0.3, -0.25) is 10.1 Å². The maximum atomic E-state index is 12.8. The van der Waals surface area contributed by atoms with Crippen LogP contribution in [0.5, 0.6) is 5.75 Å². The van der Waals surface area contributed by atoms with Crippen molar-refractivity contribution in [3.05, 3.63) is 82.9 Å². The van der Waals surface area contributed by atoms with E-state index in [1.807, 2.05) is 25.1 Å². The van der Waals surface area contributed by atoms with Crippen LogP contribution in [-0.2, 0) is 20.4 Å². The van der Waals surface area contributed by atoms with Gasteiger partial charge < -0.3 is 10.1 Å². The van der Waals surface area contributed by atoms with Crippen LogP contribution in [-0.4, -0.2) is 36.5 Å². The van der Waals surface area contributed by atoms with Crippen molar-refractivity contribution in [2.75, 3.05) is 12.4 Å². The summed E-state index contributed by atoms with van der Waals surface area (Å²) in [5.74, 6) is 0.285. The number of amides is 1. The van der Waals surface area contributed by atoms with Gasteiger partial charge in [0.1, 0.15) is 17.3 Å². The molecule has 0 fully saturated rings. The van der Waals surface area contributed by atoms with Crippen LogP contribution in [0.2, 0.25) is 0 Å². The SMILES string of the molecule is COc1cc(/C=C/C(=O)NC(=S)Nc2ccc(S(=O)(=O)Cc3nc(C)cc(C)n3)cc2)ccc1C. The van der Waals surface area contributed by atoms with Gasteiger partial charge >= 0.3 is 0 Å². The molecule has 1 aromatic heterocycles. The number of ether oxygens (including phenoxy) is 1. The molecule has 0 atom stereocenters. The molecule has 2 aromatic carbocycles. The van der Waals surface area contributed by atoms with Crippen LogP contribution in [0.1, 0.15) is 28.3 Å². The molecule has 0 aliphatic carbocycles. The number of rotatable bonds is 7. The zero-order valence-corrected chi connectivity index (χ0v) is 21.5. The second kappa shape index (κ2) is 11.2. The lowest BCUT2D eigenvalue weighted by atomic mass is 10.1. The molecule has 35 heavy (non-hydrogen) atoms. The van der Waals surface area contributed by atoms with Crippen molar-refractivity contribution >= 4 is 44.8 Å². The van der Waals surface area contributed by atoms with E-state index in [0.717, 1.165) is 16.9 Å². The van der Waals surface area contributed by atoms with E-state index < -0.39 is 15.7 Å². The Labute approximate surface area is 210 Å². The van der Waals surface area contributed by atoms with Crippen molar-refractivity contribution in [3.8, 4) is 5.75 Å². The normalized spacial score (nSPS) is 11.3. The molecule has 8 nitrogen and oxygen atoms in total. The highest BCUT2D eigenvalue weighted by Crippen LogP contribution is 2.20. The van der Waals surface area contributed by atoms with Crippen LogP contribution in [0.25, 0.3) is 6.08 Å². The minimum Gasteiger partial charge on any atom is -0.496 e. The van der Waals surface area contributed by atoms with Crippen LogP contribution in [0, 0.1) is 20.8 Å². The number of nitrogens with one attached hydrogen (secondary N) is 2. The summed E-state index contributed by atoms with van der Waals surface area (Å²) in [6, 6.07) is 13.5. The summed E-state index contributed by atoms with van der Waals surface area (Å²) in [6.07, 6.45) is 3.02. The lowest BCUT2D eigenvalue weighted by Gasteiger charge is -2.10.